The first-order chi connectivity index (χ1) is 11.5. The Morgan fingerprint density at radius 2 is 2.08 bits per heavy atom. The van der Waals surface area contributed by atoms with Crippen LogP contribution in [0, 0.1) is 11.3 Å². The Morgan fingerprint density at radius 1 is 1.42 bits per heavy atom. The SMILES string of the molecule is COC(=O)CSC1=C(C#N)[C@@H](c2ccc(C(C)C)cc2)CC(=O)N1. The number of hydrogen-bond acceptors (Lipinski definition) is 5. The molecule has 1 aromatic carbocycles. The molecule has 126 valence electrons. The molecule has 0 fully saturated rings. The van der Waals surface area contributed by atoms with Gasteiger partial charge in [-0.1, -0.05) is 49.9 Å². The average Bonchev–Trinajstić information content (AvgIpc) is 2.59. The van der Waals surface area contributed by atoms with E-state index in [2.05, 4.69) is 30.0 Å². The topological polar surface area (TPSA) is 79.2 Å². The van der Waals surface area contributed by atoms with E-state index in [1.54, 1.807) is 0 Å². The highest BCUT2D eigenvalue weighted by molar-refractivity contribution is 8.03. The summed E-state index contributed by atoms with van der Waals surface area (Å²) < 4.78 is 4.61. The number of thioether (sulfide) groups is 1. The van der Waals surface area contributed by atoms with Crippen LogP contribution in [0.3, 0.4) is 0 Å². The van der Waals surface area contributed by atoms with Crippen molar-refractivity contribution in [3.05, 3.63) is 46.0 Å². The highest BCUT2D eigenvalue weighted by Crippen LogP contribution is 2.36. The van der Waals surface area contributed by atoms with Crippen molar-refractivity contribution in [2.45, 2.75) is 32.1 Å². The van der Waals surface area contributed by atoms with Gasteiger partial charge < -0.3 is 10.1 Å². The molecule has 1 atom stereocenters. The zero-order chi connectivity index (χ0) is 17.7. The number of nitrogens with one attached hydrogen (secondary N) is 1. The zero-order valence-electron chi connectivity index (χ0n) is 14.0. The molecule has 1 heterocycles. The van der Waals surface area contributed by atoms with E-state index >= 15 is 0 Å². The molecule has 0 radical (unpaired) electrons. The minimum absolute atomic E-state index is 0.0519. The smallest absolute Gasteiger partial charge is 0.316 e. The van der Waals surface area contributed by atoms with Crippen LogP contribution in [0.15, 0.2) is 34.9 Å². The minimum atomic E-state index is -0.401. The standard InChI is InChI=1S/C18H20N2O3S/c1-11(2)12-4-6-13(7-5-12)14-8-16(21)20-18(15(14)9-19)24-10-17(22)23-3/h4-7,11,14H,8,10H2,1-3H3,(H,20,21)/t14-/m1/s1. The number of nitrogens with zero attached hydrogens (tertiary/aromatic N) is 1. The minimum Gasteiger partial charge on any atom is -0.468 e. The summed E-state index contributed by atoms with van der Waals surface area (Å²) in [7, 11) is 1.31. The van der Waals surface area contributed by atoms with E-state index < -0.39 is 5.97 Å². The summed E-state index contributed by atoms with van der Waals surface area (Å²) in [4.78, 5) is 23.3. The molecule has 1 aromatic rings. The summed E-state index contributed by atoms with van der Waals surface area (Å²) >= 11 is 1.12. The third kappa shape index (κ3) is 4.18. The number of carbonyl (C=O) groups excluding carboxylic acids is 2. The molecule has 1 aliphatic rings. The van der Waals surface area contributed by atoms with Gasteiger partial charge in [0.05, 0.1) is 29.5 Å². The summed E-state index contributed by atoms with van der Waals surface area (Å²) in [5.74, 6) is -0.367. The van der Waals surface area contributed by atoms with Crippen LogP contribution in [-0.4, -0.2) is 24.7 Å². The molecule has 1 aliphatic heterocycles. The highest BCUT2D eigenvalue weighted by Gasteiger charge is 2.29. The van der Waals surface area contributed by atoms with Crippen LogP contribution >= 0.6 is 11.8 Å². The molecule has 1 N–H and O–H groups in total. The predicted octanol–water partition coefficient (Wildman–Crippen LogP) is 3.05. The molecule has 0 aliphatic carbocycles. The van der Waals surface area contributed by atoms with Crippen molar-refractivity contribution in [3.63, 3.8) is 0 Å². The zero-order valence-corrected chi connectivity index (χ0v) is 14.8. The van der Waals surface area contributed by atoms with E-state index in [0.717, 1.165) is 17.3 Å². The third-order valence-corrected chi connectivity index (χ3v) is 4.91. The Balaban J connectivity index is 2.31. The third-order valence-electron chi connectivity index (χ3n) is 3.92. The fourth-order valence-electron chi connectivity index (χ4n) is 2.52. The fraction of sp³-hybridized carbons (Fsp3) is 0.389. The Labute approximate surface area is 146 Å². The van der Waals surface area contributed by atoms with E-state index in [1.807, 2.05) is 24.3 Å². The number of benzene rings is 1. The van der Waals surface area contributed by atoms with Gasteiger partial charge in [-0.2, -0.15) is 5.26 Å². The first-order valence-corrected chi connectivity index (χ1v) is 8.68. The lowest BCUT2D eigenvalue weighted by Crippen LogP contribution is -2.31. The maximum absolute atomic E-state index is 12.0. The lowest BCUT2D eigenvalue weighted by Gasteiger charge is -2.25. The molecule has 0 saturated carbocycles. The number of esters is 1. The summed E-state index contributed by atoms with van der Waals surface area (Å²) in [5.41, 5.74) is 2.63. The number of carbonyl (C=O) groups is 2. The predicted molar refractivity (Wildman–Crippen MR) is 93.1 cm³/mol. The molecule has 1 amide bonds. The second-order valence-corrected chi connectivity index (χ2v) is 6.83. The maximum Gasteiger partial charge on any atom is 0.316 e. The van der Waals surface area contributed by atoms with E-state index in [9.17, 15) is 14.9 Å². The van der Waals surface area contributed by atoms with Crippen LogP contribution in [0.5, 0.6) is 0 Å². The fourth-order valence-corrected chi connectivity index (χ4v) is 3.43. The molecule has 0 spiro atoms. The van der Waals surface area contributed by atoms with Gasteiger partial charge in [0.1, 0.15) is 0 Å². The van der Waals surface area contributed by atoms with Gasteiger partial charge in [0, 0.05) is 12.3 Å². The number of ether oxygens (including phenoxy) is 1. The van der Waals surface area contributed by atoms with Gasteiger partial charge in [-0.05, 0) is 17.0 Å². The molecule has 24 heavy (non-hydrogen) atoms. The number of hydrogen-bond donors (Lipinski definition) is 1. The Morgan fingerprint density at radius 3 is 2.62 bits per heavy atom. The maximum atomic E-state index is 12.0. The number of allylic oxidation sites excluding steroid dienone is 1. The molecular weight excluding hydrogens is 324 g/mol. The quantitative estimate of drug-likeness (QED) is 0.831. The molecule has 2 rings (SSSR count). The van der Waals surface area contributed by atoms with E-state index in [1.165, 1.54) is 12.7 Å². The van der Waals surface area contributed by atoms with Crippen molar-refractivity contribution in [2.24, 2.45) is 0 Å². The lowest BCUT2D eigenvalue weighted by molar-refractivity contribution is -0.137. The highest BCUT2D eigenvalue weighted by atomic mass is 32.2. The number of amides is 1. The first kappa shape index (κ1) is 18.1. The van der Waals surface area contributed by atoms with Crippen molar-refractivity contribution in [3.8, 4) is 6.07 Å². The monoisotopic (exact) mass is 344 g/mol. The van der Waals surface area contributed by atoms with E-state index in [0.29, 0.717) is 16.5 Å². The molecule has 0 saturated heterocycles. The normalized spacial score (nSPS) is 17.5. The molecule has 0 aromatic heterocycles. The first-order valence-electron chi connectivity index (χ1n) is 7.69. The largest absolute Gasteiger partial charge is 0.468 e. The number of methoxy groups -OCH3 is 1. The molecular formula is C18H20N2O3S. The second kappa shape index (κ2) is 8.02. The van der Waals surface area contributed by atoms with E-state index in [4.69, 9.17) is 0 Å². The summed E-state index contributed by atoms with van der Waals surface area (Å²) in [6.07, 6.45) is 0.228. The van der Waals surface area contributed by atoms with Crippen LogP contribution < -0.4 is 5.32 Å². The van der Waals surface area contributed by atoms with Crippen molar-refractivity contribution >= 4 is 23.6 Å². The van der Waals surface area contributed by atoms with Crippen LogP contribution in [0.25, 0.3) is 0 Å². The van der Waals surface area contributed by atoms with Gasteiger partial charge in [0.25, 0.3) is 0 Å². The van der Waals surface area contributed by atoms with Gasteiger partial charge in [-0.15, -0.1) is 0 Å². The second-order valence-electron chi connectivity index (χ2n) is 5.85. The van der Waals surface area contributed by atoms with Gasteiger partial charge in [-0.25, -0.2) is 0 Å². The van der Waals surface area contributed by atoms with Crippen LogP contribution in [0.2, 0.25) is 0 Å². The van der Waals surface area contributed by atoms with Gasteiger partial charge >= 0.3 is 5.97 Å². The lowest BCUT2D eigenvalue weighted by atomic mass is 9.86. The van der Waals surface area contributed by atoms with Crippen molar-refractivity contribution < 1.29 is 14.3 Å². The molecule has 0 unspecified atom stereocenters. The van der Waals surface area contributed by atoms with Crippen molar-refractivity contribution in [1.29, 1.82) is 5.26 Å². The van der Waals surface area contributed by atoms with Crippen LogP contribution in [0.1, 0.15) is 43.2 Å². The van der Waals surface area contributed by atoms with Gasteiger partial charge in [0.2, 0.25) is 5.91 Å². The van der Waals surface area contributed by atoms with Crippen molar-refractivity contribution in [2.75, 3.05) is 12.9 Å². The Bertz CT molecular complexity index is 702. The van der Waals surface area contributed by atoms with E-state index in [-0.39, 0.29) is 24.0 Å². The summed E-state index contributed by atoms with van der Waals surface area (Å²) in [6, 6.07) is 10.2. The number of rotatable bonds is 5. The average molecular weight is 344 g/mol. The molecule has 6 heteroatoms. The van der Waals surface area contributed by atoms with Gasteiger partial charge in [-0.3, -0.25) is 9.59 Å². The Kier molecular flexibility index (Phi) is 6.04. The summed E-state index contributed by atoms with van der Waals surface area (Å²) in [6.45, 7) is 4.23. The van der Waals surface area contributed by atoms with Crippen LogP contribution in [0.4, 0.5) is 0 Å². The molecule has 0 bridgehead atoms. The summed E-state index contributed by atoms with van der Waals surface area (Å²) in [5, 5.41) is 12.7. The Hall–Kier alpha value is -2.26. The molecule has 5 nitrogen and oxygen atoms in total. The van der Waals surface area contributed by atoms with Crippen LogP contribution in [-0.2, 0) is 14.3 Å². The van der Waals surface area contributed by atoms with Crippen molar-refractivity contribution in [1.82, 2.24) is 5.32 Å². The van der Waals surface area contributed by atoms with Gasteiger partial charge in [0.15, 0.2) is 0 Å². The number of nitriles is 1.